The summed E-state index contributed by atoms with van der Waals surface area (Å²) < 4.78 is 16.8. The standard InChI is InChI=1S/C77H112O6.CH3.2ClH.Ru/c1-55(2)29-20-30-57(5)31-21-32-58(6)33-22-34-59(7)35-23-36-60(8)37-24-38-61(9)39-25-40-62(10)41-26-42-63(11)43-27-44-64(12)45-28-46-65(13)47-50-72-70(18)76(82-75(80)54-67(15)78)68(16)69(17)77(72)81-74(79)52-49-71-48-51-73(66(14)53-71)83(19)56(3)4;;;;/h14,29,31,33,35,37,39,41,43,45,47-48,51,53,56H,19-28,30,32,34,36,38,40,42,44,46,49-50,52,54H2,1-13,15-18H3;1H3;2*1H;/q;-1;;;+2/p-2/b57-31+,58-33+,59-35+,60-37+,61-39+,62-41+,63-43+,64-45+,65-47+;;;;. The van der Waals surface area contributed by atoms with Crippen molar-refractivity contribution in [3.05, 3.63) is 183 Å². The fraction of sp³-hybridized carbons (Fsp3) is 0.513. The minimum atomic E-state index is -2.15. The zero-order chi connectivity index (χ0) is 64.3. The number of rotatable bonds is 39. The van der Waals surface area contributed by atoms with Crippen molar-refractivity contribution in [3.8, 4) is 17.2 Å². The van der Waals surface area contributed by atoms with Gasteiger partial charge in [0.2, 0.25) is 0 Å². The van der Waals surface area contributed by atoms with Crippen LogP contribution in [0.15, 0.2) is 135 Å². The van der Waals surface area contributed by atoms with E-state index in [2.05, 4.69) is 148 Å². The molecule has 0 heterocycles. The van der Waals surface area contributed by atoms with Crippen LogP contribution in [0.3, 0.4) is 0 Å². The van der Waals surface area contributed by atoms with Crippen molar-refractivity contribution < 1.29 is 41.7 Å². The van der Waals surface area contributed by atoms with Crippen LogP contribution in [0.1, 0.15) is 259 Å². The van der Waals surface area contributed by atoms with E-state index in [9.17, 15) is 14.4 Å². The number of ketones is 1. The molecule has 2 aromatic carbocycles. The quantitative estimate of drug-likeness (QED) is 0.0127. The number of ether oxygens (including phenoxy) is 2. The summed E-state index contributed by atoms with van der Waals surface area (Å²) in [4.78, 5) is 38.3. The molecule has 0 N–H and O–H groups in total. The van der Waals surface area contributed by atoms with Gasteiger partial charge in [0, 0.05) is 0 Å². The molecule has 6 nitrogen and oxygen atoms in total. The van der Waals surface area contributed by atoms with Crippen molar-refractivity contribution in [1.29, 1.82) is 0 Å². The Morgan fingerprint density at radius 2 is 0.839 bits per heavy atom. The van der Waals surface area contributed by atoms with Gasteiger partial charge in [0.25, 0.3) is 0 Å². The zero-order valence-electron chi connectivity index (χ0n) is 57.5. The topological polar surface area (TPSA) is 72.4 Å². The SMILES string of the molecule is [CH2-][O+](c1ccc(CCC(=O)Oc2c(C)c(C)c(OC(=O)CC(C)=O)c(C)c2C/C=C(\C)CC/C=C(\C)CC/C=C(\C)CC/C=C(\C)CC/C=C(\C)CC/C=C(\C)CC/C=C(\C)CC/C=C(\C)CC/C=C(\C)CCC=C(C)C)cc1[CH]=[Ru]([Cl])[Cl])C(C)C.[CH3-]. The van der Waals surface area contributed by atoms with E-state index in [1.54, 1.807) is 0 Å². The first-order valence-electron chi connectivity index (χ1n) is 31.7. The number of esters is 2. The van der Waals surface area contributed by atoms with Crippen molar-refractivity contribution >= 4 is 41.7 Å². The molecule has 0 aromatic heterocycles. The molecule has 87 heavy (non-hydrogen) atoms. The van der Waals surface area contributed by atoms with Crippen LogP contribution < -0.4 is 9.47 Å². The molecule has 0 radical (unpaired) electrons. The minimum Gasteiger partial charge on any atom is -0.358 e. The van der Waals surface area contributed by atoms with E-state index in [0.717, 1.165) is 132 Å². The Balaban J connectivity index is 0.0000378. The number of Topliss-reactive ketones (excluding diaryl/α,β-unsaturated/α-hetero) is 1. The predicted molar refractivity (Wildman–Crippen MR) is 376 cm³/mol. The summed E-state index contributed by atoms with van der Waals surface area (Å²) in [5.74, 6) is 0.457. The van der Waals surface area contributed by atoms with Crippen LogP contribution in [-0.4, -0.2) is 28.4 Å². The summed E-state index contributed by atoms with van der Waals surface area (Å²) in [5.41, 5.74) is 19.1. The van der Waals surface area contributed by atoms with Crippen LogP contribution in [0, 0.1) is 35.3 Å². The van der Waals surface area contributed by atoms with Gasteiger partial charge in [-0.15, -0.1) is 0 Å². The van der Waals surface area contributed by atoms with Crippen LogP contribution in [0.4, 0.5) is 0 Å². The fourth-order valence-corrected chi connectivity index (χ4v) is 11.8. The largest absolute Gasteiger partial charge is 0.358 e. The van der Waals surface area contributed by atoms with E-state index in [0.29, 0.717) is 41.0 Å². The van der Waals surface area contributed by atoms with Gasteiger partial charge < -0.3 is 12.2 Å². The van der Waals surface area contributed by atoms with E-state index < -0.39 is 19.5 Å². The second-order valence-corrected chi connectivity index (χ2v) is 30.5. The van der Waals surface area contributed by atoms with Crippen LogP contribution in [0.25, 0.3) is 0 Å². The number of benzene rings is 2. The van der Waals surface area contributed by atoms with Crippen LogP contribution in [0.5, 0.6) is 17.2 Å². The van der Waals surface area contributed by atoms with Crippen molar-refractivity contribution in [2.75, 3.05) is 0 Å². The van der Waals surface area contributed by atoms with Gasteiger partial charge in [-0.25, -0.2) is 0 Å². The van der Waals surface area contributed by atoms with E-state index in [1.165, 1.54) is 69.1 Å². The third-order valence-corrected chi connectivity index (χ3v) is 17.7. The number of hydrogen-bond acceptors (Lipinski definition) is 5. The van der Waals surface area contributed by atoms with Gasteiger partial charge in [0.05, 0.1) is 0 Å². The van der Waals surface area contributed by atoms with E-state index >= 15 is 0 Å². The molecule has 0 aliphatic heterocycles. The fourth-order valence-electron chi connectivity index (χ4n) is 10.0. The maximum Gasteiger partial charge on any atom is -0.358 e. The summed E-state index contributed by atoms with van der Waals surface area (Å²) in [5, 5.41) is 0. The molecule has 2 rings (SSSR count). The molecule has 0 aliphatic carbocycles. The van der Waals surface area contributed by atoms with Gasteiger partial charge in [0.1, 0.15) is 12.2 Å². The molecular weight excluding hydrogens is 1200 g/mol. The number of aryl methyl sites for hydroxylation is 1. The Morgan fingerprint density at radius 3 is 1.18 bits per heavy atom. The average molecular weight is 1320 g/mol. The molecule has 0 aliphatic rings. The molecule has 0 saturated heterocycles. The molecule has 0 spiro atoms. The number of carbonyl (C=O) groups excluding carboxylic acids is 3. The molecule has 0 unspecified atom stereocenters. The molecule has 0 amide bonds. The first kappa shape index (κ1) is 80.3. The predicted octanol–water partition coefficient (Wildman–Crippen LogP) is 24.1. The maximum absolute atomic E-state index is 13.7. The Kier molecular flexibility index (Phi) is 41.3. The van der Waals surface area contributed by atoms with Gasteiger partial charge >= 0.3 is 205 Å². The van der Waals surface area contributed by atoms with Gasteiger partial charge in [-0.2, -0.15) is 0 Å². The third kappa shape index (κ3) is 35.3. The number of halogens is 2. The van der Waals surface area contributed by atoms with Crippen LogP contribution >= 0.6 is 19.4 Å². The molecular formula is C78H115Cl2O6Ru-. The Labute approximate surface area is 544 Å². The van der Waals surface area contributed by atoms with Gasteiger partial charge in [-0.3, -0.25) is 9.59 Å². The third-order valence-electron chi connectivity index (χ3n) is 15.9. The Morgan fingerprint density at radius 1 is 0.494 bits per heavy atom. The summed E-state index contributed by atoms with van der Waals surface area (Å²) >= 11 is -2.15. The summed E-state index contributed by atoms with van der Waals surface area (Å²) in [7, 11) is 16.7. The Bertz CT molecular complexity index is 2880. The molecule has 0 atom stereocenters. The molecule has 0 bridgehead atoms. The summed E-state index contributed by atoms with van der Waals surface area (Å²) in [6.45, 7) is 35.7. The number of hydrogen-bond donors (Lipinski definition) is 0. The van der Waals surface area contributed by atoms with Crippen molar-refractivity contribution in [1.82, 2.24) is 0 Å². The summed E-state index contributed by atoms with van der Waals surface area (Å²) in [6, 6.07) is 5.94. The maximum atomic E-state index is 13.7. The van der Waals surface area contributed by atoms with Crippen molar-refractivity contribution in [3.63, 3.8) is 0 Å². The molecule has 2 aromatic rings. The molecule has 0 fully saturated rings. The van der Waals surface area contributed by atoms with Gasteiger partial charge in [0.15, 0.2) is 0 Å². The van der Waals surface area contributed by atoms with E-state index in [4.69, 9.17) is 28.9 Å². The smallest absolute Gasteiger partial charge is 0.358 e. The van der Waals surface area contributed by atoms with Crippen molar-refractivity contribution in [2.24, 2.45) is 0 Å². The van der Waals surface area contributed by atoms with Gasteiger partial charge in [-0.05, 0) is 199 Å². The Hall–Kier alpha value is -4.68. The van der Waals surface area contributed by atoms with E-state index in [-0.39, 0.29) is 38.1 Å². The second kappa shape index (κ2) is 44.7. The minimum absolute atomic E-state index is 0. The summed E-state index contributed by atoms with van der Waals surface area (Å²) in [6.07, 6.45) is 44.5. The van der Waals surface area contributed by atoms with Gasteiger partial charge in [-0.1, -0.05) is 110 Å². The average Bonchev–Trinajstić information content (AvgIpc) is 1.79. The molecule has 486 valence electrons. The van der Waals surface area contributed by atoms with Crippen molar-refractivity contribution in [2.45, 2.75) is 265 Å². The van der Waals surface area contributed by atoms with E-state index in [1.807, 2.05) is 57.4 Å². The van der Waals surface area contributed by atoms with Crippen LogP contribution in [0.2, 0.25) is 0 Å². The van der Waals surface area contributed by atoms with Crippen LogP contribution in [-0.2, 0) is 45.1 Å². The first-order chi connectivity index (χ1) is 40.7. The first-order valence-corrected chi connectivity index (χ1v) is 37.2. The second-order valence-electron chi connectivity index (χ2n) is 24.8. The zero-order valence-corrected chi connectivity index (χ0v) is 60.7. The number of carbonyl (C=O) groups is 3. The molecule has 9 heteroatoms. The normalized spacial score (nSPS) is 13.4. The number of allylic oxidation sites excluding steroid dienone is 20. The molecule has 0 saturated carbocycles. The monoisotopic (exact) mass is 1320 g/mol.